The molecule has 4 rings (SSSR count). The van der Waals surface area contributed by atoms with Crippen LogP contribution < -0.4 is 10.2 Å². The third-order valence-corrected chi connectivity index (χ3v) is 8.21. The number of hydrogen-bond acceptors (Lipinski definition) is 9. The van der Waals surface area contributed by atoms with E-state index in [2.05, 4.69) is 25.2 Å². The summed E-state index contributed by atoms with van der Waals surface area (Å²) >= 11 is 1.10. The first kappa shape index (κ1) is 32.2. The van der Waals surface area contributed by atoms with Gasteiger partial charge in [-0.25, -0.2) is 19.3 Å². The maximum atomic E-state index is 14.2. The summed E-state index contributed by atoms with van der Waals surface area (Å²) in [6.07, 6.45) is -1.85. The highest BCUT2D eigenvalue weighted by Crippen LogP contribution is 2.37. The molecule has 0 radical (unpaired) electrons. The number of carbonyl (C=O) groups excluding carboxylic acids is 1. The maximum Gasteiger partial charge on any atom is 0.416 e. The lowest BCUT2D eigenvalue weighted by molar-refractivity contribution is -0.138. The Morgan fingerprint density at radius 2 is 1.88 bits per heavy atom. The molecule has 2 N–H and O–H groups in total. The van der Waals surface area contributed by atoms with Crippen molar-refractivity contribution in [3.8, 4) is 11.3 Å². The summed E-state index contributed by atoms with van der Waals surface area (Å²) < 4.78 is 54.4. The number of aliphatic carboxylic acids is 1. The van der Waals surface area contributed by atoms with Gasteiger partial charge in [-0.15, -0.1) is 0 Å². The molecule has 1 amide bonds. The number of nitrogens with one attached hydrogen (secondary N) is 1. The Morgan fingerprint density at radius 1 is 1.14 bits per heavy atom. The molecule has 1 saturated heterocycles. The van der Waals surface area contributed by atoms with Gasteiger partial charge in [0.2, 0.25) is 0 Å². The van der Waals surface area contributed by atoms with Crippen LogP contribution in [0.5, 0.6) is 0 Å². The van der Waals surface area contributed by atoms with Crippen molar-refractivity contribution in [3.05, 3.63) is 52.5 Å². The Balaban J connectivity index is 1.51. The maximum absolute atomic E-state index is 14.2. The second-order valence-corrected chi connectivity index (χ2v) is 11.3. The number of alkyl halides is 3. The minimum absolute atomic E-state index is 0.0176. The van der Waals surface area contributed by atoms with Gasteiger partial charge in [0.1, 0.15) is 17.3 Å². The van der Waals surface area contributed by atoms with E-state index < -0.39 is 29.4 Å². The molecular formula is C28H33F4N7O3S. The highest BCUT2D eigenvalue weighted by Gasteiger charge is 2.32. The van der Waals surface area contributed by atoms with Crippen molar-refractivity contribution in [1.82, 2.24) is 24.8 Å². The minimum atomic E-state index is -4.74. The zero-order valence-electron chi connectivity index (χ0n) is 24.0. The number of thiazole rings is 1. The van der Waals surface area contributed by atoms with Crippen LogP contribution in [0.4, 0.5) is 28.5 Å². The van der Waals surface area contributed by atoms with Gasteiger partial charge in [0.25, 0.3) is 5.91 Å². The van der Waals surface area contributed by atoms with E-state index >= 15 is 0 Å². The van der Waals surface area contributed by atoms with Gasteiger partial charge in [-0.1, -0.05) is 25.2 Å². The molecule has 0 spiro atoms. The fourth-order valence-corrected chi connectivity index (χ4v) is 5.84. The Labute approximate surface area is 250 Å². The molecule has 1 aliphatic rings. The number of carboxylic acid groups (broad SMARTS) is 1. The number of halogens is 4. The standard InChI is InChI=1S/C28H33F4N7O3S/c1-4-37(5-2)16-22-25(18-10-19(28(30,31)32)12-20(29)11-18)35-27(43-22)36-26(42)21-13-34-23(14-33-21)39-9-8-38(17(3)15-39)7-6-24(40)41/h10-14,17H,4-9,15-16H2,1-3H3,(H,40,41)(H,35,36,42)/t17-/m1/s1. The molecule has 1 fully saturated rings. The van der Waals surface area contributed by atoms with Crippen LogP contribution in [0, 0.1) is 5.82 Å². The quantitative estimate of drug-likeness (QED) is 0.290. The Bertz CT molecular complexity index is 1430. The van der Waals surface area contributed by atoms with Gasteiger partial charge in [-0.05, 0) is 38.2 Å². The van der Waals surface area contributed by atoms with E-state index in [1.165, 1.54) is 12.4 Å². The molecule has 10 nitrogen and oxygen atoms in total. The number of carboxylic acids is 1. The summed E-state index contributed by atoms with van der Waals surface area (Å²) in [6.45, 7) is 9.96. The number of hydrogen-bond donors (Lipinski definition) is 2. The summed E-state index contributed by atoms with van der Waals surface area (Å²) in [5, 5.41) is 11.7. The van der Waals surface area contributed by atoms with E-state index in [0.717, 1.165) is 23.5 Å². The predicted octanol–water partition coefficient (Wildman–Crippen LogP) is 4.84. The van der Waals surface area contributed by atoms with Gasteiger partial charge in [0.05, 0.1) is 30.1 Å². The molecule has 3 heterocycles. The Morgan fingerprint density at radius 3 is 2.49 bits per heavy atom. The van der Waals surface area contributed by atoms with Gasteiger partial charge in [-0.3, -0.25) is 24.7 Å². The monoisotopic (exact) mass is 623 g/mol. The van der Waals surface area contributed by atoms with Crippen LogP contribution in [0.3, 0.4) is 0 Å². The largest absolute Gasteiger partial charge is 0.481 e. The molecule has 1 aliphatic heterocycles. The molecule has 3 aromatic rings. The smallest absolute Gasteiger partial charge is 0.416 e. The highest BCUT2D eigenvalue weighted by atomic mass is 32.1. The van der Waals surface area contributed by atoms with Crippen LogP contribution in [0.1, 0.15) is 48.1 Å². The van der Waals surface area contributed by atoms with Crippen LogP contribution in [0.25, 0.3) is 11.3 Å². The van der Waals surface area contributed by atoms with Crippen LogP contribution >= 0.6 is 11.3 Å². The second kappa shape index (κ2) is 13.7. The zero-order chi connectivity index (χ0) is 31.3. The lowest BCUT2D eigenvalue weighted by atomic mass is 10.1. The summed E-state index contributed by atoms with van der Waals surface area (Å²) in [4.78, 5) is 43.7. The lowest BCUT2D eigenvalue weighted by Crippen LogP contribution is -2.52. The third kappa shape index (κ3) is 8.24. The highest BCUT2D eigenvalue weighted by molar-refractivity contribution is 7.16. The summed E-state index contributed by atoms with van der Waals surface area (Å²) in [5.41, 5.74) is -0.978. The fourth-order valence-electron chi connectivity index (χ4n) is 4.82. The average molecular weight is 624 g/mol. The third-order valence-electron chi connectivity index (χ3n) is 7.25. The van der Waals surface area contributed by atoms with E-state index in [0.29, 0.717) is 62.6 Å². The van der Waals surface area contributed by atoms with Gasteiger partial charge in [0.15, 0.2) is 5.13 Å². The number of rotatable bonds is 11. The van der Waals surface area contributed by atoms with E-state index in [-0.39, 0.29) is 34.5 Å². The van der Waals surface area contributed by atoms with Crippen LogP contribution in [-0.4, -0.2) is 87.0 Å². The van der Waals surface area contributed by atoms with E-state index in [4.69, 9.17) is 5.11 Å². The molecule has 232 valence electrons. The van der Waals surface area contributed by atoms with Crippen LogP contribution in [0.15, 0.2) is 30.6 Å². The number of carbonyl (C=O) groups is 2. The van der Waals surface area contributed by atoms with E-state index in [1.54, 1.807) is 0 Å². The molecule has 0 saturated carbocycles. The second-order valence-electron chi connectivity index (χ2n) is 10.2. The minimum Gasteiger partial charge on any atom is -0.481 e. The number of anilines is 2. The first-order valence-corrected chi connectivity index (χ1v) is 14.6. The molecule has 0 unspecified atom stereocenters. The van der Waals surface area contributed by atoms with Crippen molar-refractivity contribution in [3.63, 3.8) is 0 Å². The topological polar surface area (TPSA) is 115 Å². The van der Waals surface area contributed by atoms with Gasteiger partial charge in [0, 0.05) is 49.2 Å². The molecule has 1 atom stereocenters. The predicted molar refractivity (Wildman–Crippen MR) is 155 cm³/mol. The molecule has 0 bridgehead atoms. The number of piperazine rings is 1. The normalized spacial score (nSPS) is 16.1. The fraction of sp³-hybridized carbons (Fsp3) is 0.464. The average Bonchev–Trinajstić information content (AvgIpc) is 3.36. The molecular weight excluding hydrogens is 590 g/mol. The van der Waals surface area contributed by atoms with Crippen LogP contribution in [0.2, 0.25) is 0 Å². The van der Waals surface area contributed by atoms with Gasteiger partial charge < -0.3 is 10.0 Å². The lowest BCUT2D eigenvalue weighted by Gasteiger charge is -2.40. The van der Waals surface area contributed by atoms with Crippen molar-refractivity contribution in [2.45, 2.75) is 46.0 Å². The van der Waals surface area contributed by atoms with Crippen molar-refractivity contribution in [2.75, 3.05) is 49.5 Å². The first-order valence-electron chi connectivity index (χ1n) is 13.8. The van der Waals surface area contributed by atoms with Crippen molar-refractivity contribution >= 4 is 34.2 Å². The van der Waals surface area contributed by atoms with Crippen molar-refractivity contribution in [2.24, 2.45) is 0 Å². The Kier molecular flexibility index (Phi) is 10.3. The number of benzene rings is 1. The van der Waals surface area contributed by atoms with Gasteiger partial charge >= 0.3 is 12.1 Å². The summed E-state index contributed by atoms with van der Waals surface area (Å²) in [5.74, 6) is -1.90. The molecule has 43 heavy (non-hydrogen) atoms. The molecule has 1 aromatic carbocycles. The van der Waals surface area contributed by atoms with Crippen molar-refractivity contribution in [1.29, 1.82) is 0 Å². The Hall–Kier alpha value is -3.69. The molecule has 15 heteroatoms. The number of nitrogens with zero attached hydrogens (tertiary/aromatic N) is 6. The summed E-state index contributed by atoms with van der Waals surface area (Å²) in [6, 6.07) is 2.39. The number of aromatic nitrogens is 3. The van der Waals surface area contributed by atoms with E-state index in [9.17, 15) is 27.2 Å². The summed E-state index contributed by atoms with van der Waals surface area (Å²) in [7, 11) is 0. The molecule has 0 aliphatic carbocycles. The zero-order valence-corrected chi connectivity index (χ0v) is 24.8. The van der Waals surface area contributed by atoms with Crippen LogP contribution in [-0.2, 0) is 17.5 Å². The van der Waals surface area contributed by atoms with E-state index in [1.807, 2.05) is 30.6 Å². The molecule has 2 aromatic heterocycles. The number of amides is 1. The first-order chi connectivity index (χ1) is 20.4. The van der Waals surface area contributed by atoms with Gasteiger partial charge in [-0.2, -0.15) is 13.2 Å². The SMILES string of the molecule is CCN(CC)Cc1sc(NC(=O)c2cnc(N3CCN(CCC(=O)O)[C@H](C)C3)cn2)nc1-c1cc(F)cc(C(F)(F)F)c1. The van der Waals surface area contributed by atoms with Crippen molar-refractivity contribution < 1.29 is 32.3 Å².